The van der Waals surface area contributed by atoms with Crippen LogP contribution in [-0.4, -0.2) is 24.2 Å². The van der Waals surface area contributed by atoms with E-state index in [9.17, 15) is 9.90 Å². The third-order valence-electron chi connectivity index (χ3n) is 3.24. The number of para-hydroxylation sites is 1. The quantitative estimate of drug-likeness (QED) is 0.824. The summed E-state index contributed by atoms with van der Waals surface area (Å²) in [6.07, 6.45) is 0.224. The normalized spacial score (nSPS) is 13.4. The Morgan fingerprint density at radius 2 is 2.00 bits per heavy atom. The predicted octanol–water partition coefficient (Wildman–Crippen LogP) is 2.38. The number of nitrogens with one attached hydrogen (secondary N) is 1. The lowest BCUT2D eigenvalue weighted by Gasteiger charge is -2.21. The molecule has 5 nitrogen and oxygen atoms in total. The fourth-order valence-corrected chi connectivity index (χ4v) is 1.95. The molecule has 2 rings (SSSR count). The van der Waals surface area contributed by atoms with Gasteiger partial charge in [-0.3, -0.25) is 4.79 Å². The summed E-state index contributed by atoms with van der Waals surface area (Å²) in [6.45, 7) is 3.78. The summed E-state index contributed by atoms with van der Waals surface area (Å²) in [4.78, 5) is 11.8. The van der Waals surface area contributed by atoms with E-state index in [-0.39, 0.29) is 25.5 Å². The Hall–Kier alpha value is -2.27. The molecule has 0 aliphatic rings. The van der Waals surface area contributed by atoms with Gasteiger partial charge in [0.2, 0.25) is 5.91 Å². The minimum atomic E-state index is -1.23. The SMILES string of the molecule is Cc1ccc(C(C)(O)CNC(=O)CCOc2ccccc2)o1. The molecule has 1 aromatic heterocycles. The van der Waals surface area contributed by atoms with Crippen molar-refractivity contribution in [1.82, 2.24) is 5.32 Å². The largest absolute Gasteiger partial charge is 0.493 e. The van der Waals surface area contributed by atoms with Crippen LogP contribution >= 0.6 is 0 Å². The van der Waals surface area contributed by atoms with E-state index >= 15 is 0 Å². The average molecular weight is 303 g/mol. The molecule has 0 radical (unpaired) electrons. The number of aliphatic hydroxyl groups is 1. The van der Waals surface area contributed by atoms with E-state index in [2.05, 4.69) is 5.32 Å². The first kappa shape index (κ1) is 16.1. The number of amides is 1. The van der Waals surface area contributed by atoms with Crippen LogP contribution in [0.3, 0.4) is 0 Å². The molecule has 0 bridgehead atoms. The van der Waals surface area contributed by atoms with Gasteiger partial charge in [-0.05, 0) is 38.1 Å². The van der Waals surface area contributed by atoms with Crippen molar-refractivity contribution in [2.75, 3.05) is 13.2 Å². The number of benzene rings is 1. The van der Waals surface area contributed by atoms with E-state index in [0.717, 1.165) is 11.5 Å². The van der Waals surface area contributed by atoms with E-state index < -0.39 is 5.60 Å². The topological polar surface area (TPSA) is 71.7 Å². The molecule has 2 N–H and O–H groups in total. The Balaban J connectivity index is 1.73. The van der Waals surface area contributed by atoms with Crippen LogP contribution in [0.5, 0.6) is 5.75 Å². The van der Waals surface area contributed by atoms with Crippen molar-refractivity contribution in [2.45, 2.75) is 25.9 Å². The third-order valence-corrected chi connectivity index (χ3v) is 3.24. The number of carbonyl (C=O) groups excluding carboxylic acids is 1. The first-order chi connectivity index (χ1) is 10.5. The fraction of sp³-hybridized carbons (Fsp3) is 0.353. The number of ether oxygens (including phenoxy) is 1. The summed E-state index contributed by atoms with van der Waals surface area (Å²) >= 11 is 0. The van der Waals surface area contributed by atoms with Crippen LogP contribution in [0.15, 0.2) is 46.9 Å². The molecule has 0 fully saturated rings. The maximum atomic E-state index is 11.8. The van der Waals surface area contributed by atoms with Gasteiger partial charge < -0.3 is 19.6 Å². The average Bonchev–Trinajstić information content (AvgIpc) is 2.94. The molecule has 5 heteroatoms. The van der Waals surface area contributed by atoms with Gasteiger partial charge in [-0.25, -0.2) is 0 Å². The van der Waals surface area contributed by atoms with Gasteiger partial charge in [-0.1, -0.05) is 18.2 Å². The summed E-state index contributed by atoms with van der Waals surface area (Å²) in [6, 6.07) is 12.8. The lowest BCUT2D eigenvalue weighted by Crippen LogP contribution is -2.38. The Labute approximate surface area is 129 Å². The molecule has 118 valence electrons. The van der Waals surface area contributed by atoms with Gasteiger partial charge in [-0.2, -0.15) is 0 Å². The molecule has 0 saturated carbocycles. The van der Waals surface area contributed by atoms with E-state index in [1.807, 2.05) is 30.3 Å². The van der Waals surface area contributed by atoms with E-state index in [1.54, 1.807) is 26.0 Å². The first-order valence-corrected chi connectivity index (χ1v) is 7.21. The molecule has 0 saturated heterocycles. The van der Waals surface area contributed by atoms with Crippen LogP contribution in [0.1, 0.15) is 24.9 Å². The van der Waals surface area contributed by atoms with E-state index in [1.165, 1.54) is 0 Å². The molecule has 0 aliphatic heterocycles. The van der Waals surface area contributed by atoms with Gasteiger partial charge in [0.05, 0.1) is 19.6 Å². The van der Waals surface area contributed by atoms with Gasteiger partial charge in [0.15, 0.2) is 0 Å². The van der Waals surface area contributed by atoms with Crippen LogP contribution in [-0.2, 0) is 10.4 Å². The number of carbonyl (C=O) groups is 1. The zero-order valence-electron chi connectivity index (χ0n) is 12.8. The number of furan rings is 1. The second-order valence-electron chi connectivity index (χ2n) is 5.37. The Bertz CT molecular complexity index is 604. The lowest BCUT2D eigenvalue weighted by atomic mass is 10.0. The van der Waals surface area contributed by atoms with Crippen molar-refractivity contribution in [3.05, 3.63) is 54.0 Å². The maximum absolute atomic E-state index is 11.8. The summed E-state index contributed by atoms with van der Waals surface area (Å²) in [5, 5.41) is 13.0. The van der Waals surface area contributed by atoms with Crippen molar-refractivity contribution >= 4 is 5.91 Å². The van der Waals surface area contributed by atoms with Crippen molar-refractivity contribution < 1.29 is 19.1 Å². The third kappa shape index (κ3) is 4.63. The number of hydrogen-bond acceptors (Lipinski definition) is 4. The number of hydrogen-bond donors (Lipinski definition) is 2. The summed E-state index contributed by atoms with van der Waals surface area (Å²) in [5.41, 5.74) is -1.23. The van der Waals surface area contributed by atoms with Crippen LogP contribution in [0.2, 0.25) is 0 Å². The molecule has 0 spiro atoms. The Kier molecular flexibility index (Phi) is 5.22. The van der Waals surface area contributed by atoms with E-state index in [4.69, 9.17) is 9.15 Å². The summed E-state index contributed by atoms with van der Waals surface area (Å²) in [5.74, 6) is 1.71. The molecular formula is C17H21NO4. The highest BCUT2D eigenvalue weighted by atomic mass is 16.5. The predicted molar refractivity (Wildman–Crippen MR) is 82.6 cm³/mol. The number of aryl methyl sites for hydroxylation is 1. The second kappa shape index (κ2) is 7.13. The smallest absolute Gasteiger partial charge is 0.223 e. The maximum Gasteiger partial charge on any atom is 0.223 e. The van der Waals surface area contributed by atoms with Crippen LogP contribution in [0, 0.1) is 6.92 Å². The monoisotopic (exact) mass is 303 g/mol. The van der Waals surface area contributed by atoms with Gasteiger partial charge in [0, 0.05) is 0 Å². The van der Waals surface area contributed by atoms with Crippen molar-refractivity contribution in [3.63, 3.8) is 0 Å². The van der Waals surface area contributed by atoms with Crippen molar-refractivity contribution in [3.8, 4) is 5.75 Å². The molecule has 0 aliphatic carbocycles. The molecule has 1 unspecified atom stereocenters. The highest BCUT2D eigenvalue weighted by Crippen LogP contribution is 2.21. The molecule has 1 amide bonds. The number of rotatable bonds is 7. The minimum absolute atomic E-state index is 0.0874. The molecule has 22 heavy (non-hydrogen) atoms. The molecule has 2 aromatic rings. The van der Waals surface area contributed by atoms with Crippen molar-refractivity contribution in [1.29, 1.82) is 0 Å². The van der Waals surface area contributed by atoms with Gasteiger partial charge in [-0.15, -0.1) is 0 Å². The zero-order chi connectivity index (χ0) is 16.0. The fourth-order valence-electron chi connectivity index (χ4n) is 1.95. The van der Waals surface area contributed by atoms with Gasteiger partial charge in [0.1, 0.15) is 22.9 Å². The van der Waals surface area contributed by atoms with Crippen molar-refractivity contribution in [2.24, 2.45) is 0 Å². The molecule has 1 atom stereocenters. The Morgan fingerprint density at radius 1 is 1.27 bits per heavy atom. The van der Waals surface area contributed by atoms with Gasteiger partial charge in [0.25, 0.3) is 0 Å². The summed E-state index contributed by atoms with van der Waals surface area (Å²) < 4.78 is 10.8. The van der Waals surface area contributed by atoms with Gasteiger partial charge >= 0.3 is 0 Å². The van der Waals surface area contributed by atoms with Crippen LogP contribution in [0.25, 0.3) is 0 Å². The molecular weight excluding hydrogens is 282 g/mol. The minimum Gasteiger partial charge on any atom is -0.493 e. The summed E-state index contributed by atoms with van der Waals surface area (Å²) in [7, 11) is 0. The van der Waals surface area contributed by atoms with E-state index in [0.29, 0.717) is 5.76 Å². The second-order valence-corrected chi connectivity index (χ2v) is 5.37. The lowest BCUT2D eigenvalue weighted by molar-refractivity contribution is -0.122. The highest BCUT2D eigenvalue weighted by Gasteiger charge is 2.27. The van der Waals surface area contributed by atoms with Crippen LogP contribution < -0.4 is 10.1 Å². The first-order valence-electron chi connectivity index (χ1n) is 7.21. The standard InChI is InChI=1S/C17H21NO4/c1-13-8-9-15(22-13)17(2,20)12-18-16(19)10-11-21-14-6-4-3-5-7-14/h3-9,20H,10-12H2,1-2H3,(H,18,19). The Morgan fingerprint density at radius 3 is 2.64 bits per heavy atom. The zero-order valence-corrected chi connectivity index (χ0v) is 12.8. The van der Waals surface area contributed by atoms with Crippen LogP contribution in [0.4, 0.5) is 0 Å². The molecule has 1 heterocycles. The molecule has 1 aromatic carbocycles. The highest BCUT2D eigenvalue weighted by molar-refractivity contribution is 5.76.